The van der Waals surface area contributed by atoms with Crippen LogP contribution in [0.3, 0.4) is 0 Å². The third-order valence-corrected chi connectivity index (χ3v) is 6.38. The van der Waals surface area contributed by atoms with E-state index in [0.29, 0.717) is 42.7 Å². The summed E-state index contributed by atoms with van der Waals surface area (Å²) in [4.78, 5) is 12.9. The second-order valence-electron chi connectivity index (χ2n) is 9.45. The summed E-state index contributed by atoms with van der Waals surface area (Å²) in [5, 5.41) is 12.8. The number of hydrogen-bond acceptors (Lipinski definition) is 6. The van der Waals surface area contributed by atoms with Crippen molar-refractivity contribution in [3.05, 3.63) is 65.2 Å². The summed E-state index contributed by atoms with van der Waals surface area (Å²) < 4.78 is 70.3. The summed E-state index contributed by atoms with van der Waals surface area (Å²) in [6.07, 6.45) is -4.28. The number of nitrogens with one attached hydrogen (secondary N) is 3. The topological polar surface area (TPSA) is 98.7 Å². The molecule has 1 aromatic heterocycles. The van der Waals surface area contributed by atoms with E-state index in [4.69, 9.17) is 9.47 Å². The molecule has 3 aromatic rings. The summed E-state index contributed by atoms with van der Waals surface area (Å²) in [6.45, 7) is 2.49. The molecule has 1 aliphatic heterocycles. The molecule has 216 valence electrons. The number of rotatable bonds is 10. The highest BCUT2D eigenvalue weighted by Gasteiger charge is 2.34. The average Bonchev–Trinajstić information content (AvgIpc) is 3.22. The Morgan fingerprint density at radius 1 is 1.15 bits per heavy atom. The molecule has 0 unspecified atom stereocenters. The van der Waals surface area contributed by atoms with Crippen molar-refractivity contribution in [2.24, 2.45) is 0 Å². The standard InChI is InChI=1S/C27H31F4N5O4/c1-18-23(34-25(37)33-15-20-14-19(16-38-2)8-9-22(20)40-27(29,30)31)36(21-6-4-3-5-7-21)35-24(18)39-17-26(28)10-12-32-13-11-26/h3-9,14,32H,10-13,15-17H2,1-2H3,(H2,33,34,37). The van der Waals surface area contributed by atoms with E-state index >= 15 is 4.39 Å². The lowest BCUT2D eigenvalue weighted by atomic mass is 9.96. The van der Waals surface area contributed by atoms with Crippen molar-refractivity contribution >= 4 is 11.8 Å². The summed E-state index contributed by atoms with van der Waals surface area (Å²) in [6, 6.07) is 12.3. The van der Waals surface area contributed by atoms with Gasteiger partial charge in [0.05, 0.1) is 17.9 Å². The highest BCUT2D eigenvalue weighted by Crippen LogP contribution is 2.31. The first-order valence-electron chi connectivity index (χ1n) is 12.7. The van der Waals surface area contributed by atoms with E-state index in [1.54, 1.807) is 31.2 Å². The molecule has 4 rings (SSSR count). The van der Waals surface area contributed by atoms with E-state index in [2.05, 4.69) is 25.8 Å². The Morgan fingerprint density at radius 2 is 1.88 bits per heavy atom. The highest BCUT2D eigenvalue weighted by molar-refractivity contribution is 5.89. The van der Waals surface area contributed by atoms with E-state index < -0.39 is 23.8 Å². The van der Waals surface area contributed by atoms with Gasteiger partial charge in [0.15, 0.2) is 0 Å². The number of methoxy groups -OCH3 is 1. The van der Waals surface area contributed by atoms with Crippen molar-refractivity contribution in [3.8, 4) is 17.3 Å². The van der Waals surface area contributed by atoms with Gasteiger partial charge in [-0.3, -0.25) is 5.32 Å². The predicted molar refractivity (Wildman–Crippen MR) is 139 cm³/mol. The van der Waals surface area contributed by atoms with Gasteiger partial charge in [0.1, 0.15) is 23.8 Å². The molecule has 0 aliphatic carbocycles. The van der Waals surface area contributed by atoms with Crippen LogP contribution in [0.1, 0.15) is 29.5 Å². The molecule has 0 radical (unpaired) electrons. The number of amides is 2. The van der Waals surface area contributed by atoms with E-state index in [9.17, 15) is 18.0 Å². The van der Waals surface area contributed by atoms with Crippen molar-refractivity contribution in [1.29, 1.82) is 0 Å². The van der Waals surface area contributed by atoms with Gasteiger partial charge >= 0.3 is 12.4 Å². The van der Waals surface area contributed by atoms with Gasteiger partial charge in [-0.1, -0.05) is 24.3 Å². The first-order chi connectivity index (χ1) is 19.1. The number of anilines is 1. The van der Waals surface area contributed by atoms with Gasteiger partial charge in [-0.15, -0.1) is 18.3 Å². The van der Waals surface area contributed by atoms with Crippen LogP contribution < -0.4 is 25.4 Å². The lowest BCUT2D eigenvalue weighted by Gasteiger charge is -2.29. The highest BCUT2D eigenvalue weighted by atomic mass is 19.4. The Labute approximate surface area is 228 Å². The SMILES string of the molecule is COCc1ccc(OC(F)(F)F)c(CNC(=O)Nc2c(C)c(OCC3(F)CCNCC3)nn2-c2ccccc2)c1. The van der Waals surface area contributed by atoms with Crippen molar-refractivity contribution in [3.63, 3.8) is 0 Å². The van der Waals surface area contributed by atoms with Crippen LogP contribution in [0, 0.1) is 6.92 Å². The van der Waals surface area contributed by atoms with Crippen LogP contribution in [0.4, 0.5) is 28.2 Å². The number of carbonyl (C=O) groups is 1. The van der Waals surface area contributed by atoms with Crippen LogP contribution in [0.2, 0.25) is 0 Å². The van der Waals surface area contributed by atoms with E-state index in [0.717, 1.165) is 0 Å². The summed E-state index contributed by atoms with van der Waals surface area (Å²) in [5.74, 6) is -0.0217. The molecule has 0 atom stereocenters. The second-order valence-corrected chi connectivity index (χ2v) is 9.45. The van der Waals surface area contributed by atoms with Crippen LogP contribution >= 0.6 is 0 Å². The summed E-state index contributed by atoms with van der Waals surface area (Å²) in [7, 11) is 1.46. The third kappa shape index (κ3) is 7.63. The number of benzene rings is 2. The molecule has 2 aromatic carbocycles. The van der Waals surface area contributed by atoms with Gasteiger partial charge < -0.3 is 24.8 Å². The van der Waals surface area contributed by atoms with Gasteiger partial charge in [-0.05, 0) is 62.7 Å². The van der Waals surface area contributed by atoms with E-state index in [1.165, 1.54) is 30.0 Å². The normalized spacial score (nSPS) is 14.9. The van der Waals surface area contributed by atoms with Gasteiger partial charge in [-0.2, -0.15) is 0 Å². The molecule has 2 amide bonds. The molecule has 9 nitrogen and oxygen atoms in total. The van der Waals surface area contributed by atoms with Crippen LogP contribution in [0.25, 0.3) is 5.69 Å². The molecule has 13 heteroatoms. The van der Waals surface area contributed by atoms with Crippen LogP contribution in [0.5, 0.6) is 11.6 Å². The minimum absolute atomic E-state index is 0.106. The number of carbonyl (C=O) groups excluding carboxylic acids is 1. The molecule has 1 aliphatic rings. The van der Waals surface area contributed by atoms with Crippen LogP contribution in [0.15, 0.2) is 48.5 Å². The Kier molecular flexibility index (Phi) is 9.15. The molecule has 0 bridgehead atoms. The molecular weight excluding hydrogens is 534 g/mol. The number of halogens is 4. The Hall–Kier alpha value is -3.84. The lowest BCUT2D eigenvalue weighted by Crippen LogP contribution is -2.42. The lowest BCUT2D eigenvalue weighted by molar-refractivity contribution is -0.274. The van der Waals surface area contributed by atoms with E-state index in [-0.39, 0.29) is 37.0 Å². The third-order valence-electron chi connectivity index (χ3n) is 6.38. The summed E-state index contributed by atoms with van der Waals surface area (Å²) >= 11 is 0. The maximum absolute atomic E-state index is 15.1. The number of aromatic nitrogens is 2. The maximum Gasteiger partial charge on any atom is 0.573 e. The van der Waals surface area contributed by atoms with Gasteiger partial charge in [0.2, 0.25) is 5.88 Å². The fourth-order valence-corrected chi connectivity index (χ4v) is 4.31. The fraction of sp³-hybridized carbons (Fsp3) is 0.407. The number of piperidine rings is 1. The maximum atomic E-state index is 15.1. The molecule has 1 saturated heterocycles. The number of hydrogen-bond donors (Lipinski definition) is 3. The van der Waals surface area contributed by atoms with E-state index in [1.807, 2.05) is 6.07 Å². The van der Waals surface area contributed by atoms with Crippen LogP contribution in [-0.2, 0) is 17.9 Å². The van der Waals surface area contributed by atoms with Gasteiger partial charge in [-0.25, -0.2) is 13.9 Å². The number of ether oxygens (including phenoxy) is 3. The first kappa shape index (κ1) is 29.2. The van der Waals surface area contributed by atoms with Gasteiger partial charge in [0, 0.05) is 19.2 Å². The number of alkyl halides is 4. The Morgan fingerprint density at radius 3 is 2.55 bits per heavy atom. The second kappa shape index (κ2) is 12.6. The average molecular weight is 566 g/mol. The largest absolute Gasteiger partial charge is 0.573 e. The number of nitrogens with zero attached hydrogens (tertiary/aromatic N) is 2. The van der Waals surface area contributed by atoms with Crippen molar-refractivity contribution in [1.82, 2.24) is 20.4 Å². The molecule has 1 fully saturated rings. The smallest absolute Gasteiger partial charge is 0.473 e. The zero-order valence-corrected chi connectivity index (χ0v) is 22.1. The van der Waals surface area contributed by atoms with Gasteiger partial charge in [0.25, 0.3) is 0 Å². The molecular formula is C27H31F4N5O4. The predicted octanol–water partition coefficient (Wildman–Crippen LogP) is 5.02. The number of urea groups is 1. The summed E-state index contributed by atoms with van der Waals surface area (Å²) in [5.41, 5.74) is 0.288. The van der Waals surface area contributed by atoms with Crippen LogP contribution in [-0.4, -0.2) is 54.6 Å². The monoisotopic (exact) mass is 565 g/mol. The zero-order chi connectivity index (χ0) is 28.8. The first-order valence-corrected chi connectivity index (χ1v) is 12.7. The fourth-order valence-electron chi connectivity index (χ4n) is 4.31. The molecule has 0 saturated carbocycles. The molecule has 40 heavy (non-hydrogen) atoms. The minimum atomic E-state index is -4.90. The van der Waals surface area contributed by atoms with Crippen molar-refractivity contribution in [2.75, 3.05) is 32.1 Å². The Bertz CT molecular complexity index is 1290. The molecule has 0 spiro atoms. The molecule has 2 heterocycles. The Balaban J connectivity index is 1.53. The number of para-hydroxylation sites is 1. The van der Waals surface area contributed by atoms with Crippen molar-refractivity contribution < 1.29 is 36.6 Å². The van der Waals surface area contributed by atoms with Crippen molar-refractivity contribution in [2.45, 2.75) is 44.9 Å². The quantitative estimate of drug-likeness (QED) is 0.299. The molecule has 3 N–H and O–H groups in total. The zero-order valence-electron chi connectivity index (χ0n) is 22.1. The minimum Gasteiger partial charge on any atom is -0.473 e.